The molecule has 0 radical (unpaired) electrons. The first-order valence-electron chi connectivity index (χ1n) is 20.7. The van der Waals surface area contributed by atoms with E-state index in [4.69, 9.17) is 14.2 Å². The van der Waals surface area contributed by atoms with Crippen LogP contribution < -0.4 is 0 Å². The second kappa shape index (κ2) is 35.2. The van der Waals surface area contributed by atoms with Crippen LogP contribution in [0, 0.1) is 11.8 Å². The molecule has 0 spiro atoms. The molecule has 6 heteroatoms. The Morgan fingerprint density at radius 3 is 1.02 bits per heavy atom. The third-order valence-corrected chi connectivity index (χ3v) is 9.22. The van der Waals surface area contributed by atoms with E-state index >= 15 is 0 Å². The lowest BCUT2D eigenvalue weighted by Gasteiger charge is -2.18. The van der Waals surface area contributed by atoms with Crippen molar-refractivity contribution in [2.45, 2.75) is 227 Å². The van der Waals surface area contributed by atoms with Gasteiger partial charge in [-0.3, -0.25) is 14.4 Å². The number of hydrogen-bond acceptors (Lipinski definition) is 6. The van der Waals surface area contributed by atoms with Crippen molar-refractivity contribution >= 4 is 17.9 Å². The first-order valence-corrected chi connectivity index (χ1v) is 20.7. The molecule has 0 saturated carbocycles. The van der Waals surface area contributed by atoms with Crippen molar-refractivity contribution in [3.63, 3.8) is 0 Å². The van der Waals surface area contributed by atoms with Crippen LogP contribution >= 0.6 is 0 Å². The van der Waals surface area contributed by atoms with E-state index < -0.39 is 6.10 Å². The molecule has 0 amide bonds. The molecular formula is C42H80O6. The number of rotatable bonds is 36. The van der Waals surface area contributed by atoms with Crippen LogP contribution in [0.3, 0.4) is 0 Å². The number of esters is 3. The molecule has 0 aromatic carbocycles. The SMILES string of the molecule is CCCCCCCCCCCCC(=O)O[C@@H](COC(=O)CCCCCCCCCCC(C)C)COC(=O)CCCCCCCCC(C)C. The third kappa shape index (κ3) is 35.7. The summed E-state index contributed by atoms with van der Waals surface area (Å²) in [6.45, 7) is 11.2. The van der Waals surface area contributed by atoms with Gasteiger partial charge in [0, 0.05) is 19.3 Å². The van der Waals surface area contributed by atoms with Gasteiger partial charge in [-0.2, -0.15) is 0 Å². The molecule has 6 nitrogen and oxygen atoms in total. The molecule has 0 fully saturated rings. The Labute approximate surface area is 298 Å². The molecule has 0 aromatic rings. The van der Waals surface area contributed by atoms with Crippen LogP contribution in [0.5, 0.6) is 0 Å². The number of carbonyl (C=O) groups excluding carboxylic acids is 3. The van der Waals surface area contributed by atoms with E-state index in [-0.39, 0.29) is 31.1 Å². The van der Waals surface area contributed by atoms with E-state index in [1.807, 2.05) is 0 Å². The molecule has 0 aliphatic rings. The summed E-state index contributed by atoms with van der Waals surface area (Å²) in [6.07, 6.45) is 31.0. The summed E-state index contributed by atoms with van der Waals surface area (Å²) in [5.74, 6) is 0.689. The molecule has 0 aliphatic carbocycles. The average Bonchev–Trinajstić information content (AvgIpc) is 3.05. The molecule has 48 heavy (non-hydrogen) atoms. The fourth-order valence-electron chi connectivity index (χ4n) is 6.05. The first kappa shape index (κ1) is 46.4. The zero-order chi connectivity index (χ0) is 35.5. The number of ether oxygens (including phenoxy) is 3. The molecular weight excluding hydrogens is 600 g/mol. The highest BCUT2D eigenvalue weighted by Crippen LogP contribution is 2.15. The monoisotopic (exact) mass is 681 g/mol. The van der Waals surface area contributed by atoms with Gasteiger partial charge in [0.1, 0.15) is 13.2 Å². The molecule has 0 rings (SSSR count). The molecule has 1 atom stereocenters. The van der Waals surface area contributed by atoms with Gasteiger partial charge in [0.25, 0.3) is 0 Å². The minimum atomic E-state index is -0.759. The quantitative estimate of drug-likeness (QED) is 0.0372. The molecule has 0 unspecified atom stereocenters. The number of carbonyl (C=O) groups is 3. The van der Waals surface area contributed by atoms with Crippen LogP contribution in [0.4, 0.5) is 0 Å². The molecule has 0 aliphatic heterocycles. The van der Waals surface area contributed by atoms with E-state index in [1.54, 1.807) is 0 Å². The fraction of sp³-hybridized carbons (Fsp3) is 0.929. The van der Waals surface area contributed by atoms with Gasteiger partial charge in [0.2, 0.25) is 0 Å². The Hall–Kier alpha value is -1.59. The van der Waals surface area contributed by atoms with Crippen LogP contribution in [-0.4, -0.2) is 37.2 Å². The van der Waals surface area contributed by atoms with Crippen molar-refractivity contribution in [2.75, 3.05) is 13.2 Å². The highest BCUT2D eigenvalue weighted by molar-refractivity contribution is 5.71. The first-order chi connectivity index (χ1) is 23.2. The van der Waals surface area contributed by atoms with Gasteiger partial charge in [0.15, 0.2) is 6.10 Å². The minimum absolute atomic E-state index is 0.0668. The lowest BCUT2D eigenvalue weighted by atomic mass is 10.0. The lowest BCUT2D eigenvalue weighted by molar-refractivity contribution is -0.167. The molecule has 0 aromatic heterocycles. The molecule has 0 bridgehead atoms. The third-order valence-electron chi connectivity index (χ3n) is 9.22. The maximum absolute atomic E-state index is 12.6. The largest absolute Gasteiger partial charge is 0.462 e. The van der Waals surface area contributed by atoms with Crippen molar-refractivity contribution in [3.8, 4) is 0 Å². The summed E-state index contributed by atoms with van der Waals surface area (Å²) >= 11 is 0. The Kier molecular flexibility index (Phi) is 34.1. The summed E-state index contributed by atoms with van der Waals surface area (Å²) < 4.78 is 16.6. The van der Waals surface area contributed by atoms with Crippen LogP contribution in [0.15, 0.2) is 0 Å². The van der Waals surface area contributed by atoms with Crippen molar-refractivity contribution in [2.24, 2.45) is 11.8 Å². The number of hydrogen-bond donors (Lipinski definition) is 0. The summed E-state index contributed by atoms with van der Waals surface area (Å²) in [5, 5.41) is 0. The molecule has 0 N–H and O–H groups in total. The Bertz CT molecular complexity index is 734. The van der Waals surface area contributed by atoms with Crippen LogP contribution in [0.1, 0.15) is 221 Å². The Morgan fingerprint density at radius 2 is 0.688 bits per heavy atom. The molecule has 284 valence electrons. The van der Waals surface area contributed by atoms with E-state index in [0.29, 0.717) is 19.3 Å². The highest BCUT2D eigenvalue weighted by Gasteiger charge is 2.19. The van der Waals surface area contributed by atoms with Crippen molar-refractivity contribution in [1.82, 2.24) is 0 Å². The summed E-state index contributed by atoms with van der Waals surface area (Å²) in [7, 11) is 0. The summed E-state index contributed by atoms with van der Waals surface area (Å²) in [6, 6.07) is 0. The predicted molar refractivity (Wildman–Crippen MR) is 201 cm³/mol. The Balaban J connectivity index is 4.35. The molecule has 0 heterocycles. The highest BCUT2D eigenvalue weighted by atomic mass is 16.6. The zero-order valence-electron chi connectivity index (χ0n) is 32.6. The van der Waals surface area contributed by atoms with Gasteiger partial charge in [0.05, 0.1) is 0 Å². The normalized spacial score (nSPS) is 12.1. The van der Waals surface area contributed by atoms with Gasteiger partial charge in [-0.05, 0) is 31.1 Å². The van der Waals surface area contributed by atoms with E-state index in [0.717, 1.165) is 69.6 Å². The topological polar surface area (TPSA) is 78.9 Å². The second-order valence-electron chi connectivity index (χ2n) is 15.2. The van der Waals surface area contributed by atoms with Crippen LogP contribution in [-0.2, 0) is 28.6 Å². The van der Waals surface area contributed by atoms with Gasteiger partial charge in [-0.15, -0.1) is 0 Å². The van der Waals surface area contributed by atoms with Gasteiger partial charge in [-0.25, -0.2) is 0 Å². The summed E-state index contributed by atoms with van der Waals surface area (Å²) in [4.78, 5) is 37.5. The maximum atomic E-state index is 12.6. The van der Waals surface area contributed by atoms with Gasteiger partial charge >= 0.3 is 17.9 Å². The van der Waals surface area contributed by atoms with Crippen molar-refractivity contribution in [1.29, 1.82) is 0 Å². The number of unbranched alkanes of at least 4 members (excludes halogenated alkanes) is 21. The summed E-state index contributed by atoms with van der Waals surface area (Å²) in [5.41, 5.74) is 0. The lowest BCUT2D eigenvalue weighted by Crippen LogP contribution is -2.30. The fourth-order valence-corrected chi connectivity index (χ4v) is 6.05. The minimum Gasteiger partial charge on any atom is -0.462 e. The van der Waals surface area contributed by atoms with E-state index in [1.165, 1.54) is 109 Å². The van der Waals surface area contributed by atoms with E-state index in [2.05, 4.69) is 34.6 Å². The average molecular weight is 681 g/mol. The standard InChI is InChI=1S/C42H80O6/c1-6-7-8-9-10-11-12-17-24-29-34-42(45)48-39(36-47-41(44)33-28-23-19-18-21-26-31-38(4)5)35-46-40(43)32-27-22-16-14-13-15-20-25-30-37(2)3/h37-39H,6-36H2,1-5H3/t39-/m0/s1. The van der Waals surface area contributed by atoms with Crippen molar-refractivity contribution in [3.05, 3.63) is 0 Å². The predicted octanol–water partition coefficient (Wildman–Crippen LogP) is 12.6. The van der Waals surface area contributed by atoms with Crippen LogP contribution in [0.25, 0.3) is 0 Å². The van der Waals surface area contributed by atoms with Gasteiger partial charge < -0.3 is 14.2 Å². The smallest absolute Gasteiger partial charge is 0.306 e. The second-order valence-corrected chi connectivity index (χ2v) is 15.2. The molecule has 0 saturated heterocycles. The van der Waals surface area contributed by atoms with Gasteiger partial charge in [-0.1, -0.05) is 182 Å². The Morgan fingerprint density at radius 1 is 0.396 bits per heavy atom. The zero-order valence-corrected chi connectivity index (χ0v) is 32.6. The maximum Gasteiger partial charge on any atom is 0.306 e. The van der Waals surface area contributed by atoms with Crippen molar-refractivity contribution < 1.29 is 28.6 Å². The van der Waals surface area contributed by atoms with Crippen LogP contribution in [0.2, 0.25) is 0 Å². The van der Waals surface area contributed by atoms with E-state index in [9.17, 15) is 14.4 Å².